The molecule has 8 heteroatoms. The topological polar surface area (TPSA) is 69.5 Å². The second kappa shape index (κ2) is 7.53. The molecule has 0 bridgehead atoms. The first-order valence-electron chi connectivity index (χ1n) is 9.34. The van der Waals surface area contributed by atoms with Gasteiger partial charge in [-0.3, -0.25) is 9.36 Å². The number of aromatic nitrogens is 3. The van der Waals surface area contributed by atoms with Crippen molar-refractivity contribution in [1.29, 1.82) is 0 Å². The number of ether oxygens (including phenoxy) is 2. The van der Waals surface area contributed by atoms with Gasteiger partial charge in [-0.1, -0.05) is 18.7 Å². The fourth-order valence-electron chi connectivity index (χ4n) is 3.67. The van der Waals surface area contributed by atoms with Crippen LogP contribution in [-0.2, 0) is 20.8 Å². The molecular formula is C17H26N4O3S. The number of carbonyl (C=O) groups excluding carboxylic acids is 1. The van der Waals surface area contributed by atoms with Crippen molar-refractivity contribution in [3.05, 3.63) is 0 Å². The molecule has 2 unspecified atom stereocenters. The van der Waals surface area contributed by atoms with Gasteiger partial charge < -0.3 is 14.4 Å². The van der Waals surface area contributed by atoms with Crippen molar-refractivity contribution in [2.45, 2.75) is 62.1 Å². The van der Waals surface area contributed by atoms with Gasteiger partial charge in [0.25, 0.3) is 0 Å². The first kappa shape index (κ1) is 17.1. The number of piperidine rings is 1. The second-order valence-corrected chi connectivity index (χ2v) is 8.43. The van der Waals surface area contributed by atoms with E-state index < -0.39 is 0 Å². The summed E-state index contributed by atoms with van der Waals surface area (Å²) in [6, 6.07) is 0. The third-order valence-corrected chi connectivity index (χ3v) is 6.53. The van der Waals surface area contributed by atoms with Gasteiger partial charge in [-0.25, -0.2) is 0 Å². The van der Waals surface area contributed by atoms with Crippen LogP contribution in [0.2, 0.25) is 0 Å². The lowest BCUT2D eigenvalue weighted by Gasteiger charge is -2.31. The summed E-state index contributed by atoms with van der Waals surface area (Å²) < 4.78 is 13.1. The maximum absolute atomic E-state index is 11.8. The van der Waals surface area contributed by atoms with Crippen molar-refractivity contribution in [3.63, 3.8) is 0 Å². The zero-order valence-corrected chi connectivity index (χ0v) is 15.5. The molecular weight excluding hydrogens is 340 g/mol. The molecule has 0 aromatic carbocycles. The lowest BCUT2D eigenvalue weighted by molar-refractivity contribution is -0.137. The summed E-state index contributed by atoms with van der Waals surface area (Å²) in [6.07, 6.45) is 5.51. The molecule has 0 N–H and O–H groups in total. The maximum Gasteiger partial charge on any atom is 0.319 e. The molecule has 3 aliphatic heterocycles. The molecule has 0 radical (unpaired) electrons. The fraction of sp³-hybridized carbons (Fsp3) is 0.824. The van der Waals surface area contributed by atoms with Crippen LogP contribution in [0.3, 0.4) is 0 Å². The number of rotatable bonds is 5. The molecule has 25 heavy (non-hydrogen) atoms. The number of carbonyl (C=O) groups is 1. The molecule has 4 heterocycles. The van der Waals surface area contributed by atoms with E-state index in [0.29, 0.717) is 6.61 Å². The van der Waals surface area contributed by atoms with Crippen LogP contribution in [0.15, 0.2) is 5.16 Å². The van der Waals surface area contributed by atoms with Gasteiger partial charge in [-0.2, -0.15) is 0 Å². The highest BCUT2D eigenvalue weighted by Gasteiger charge is 2.32. The first-order valence-corrected chi connectivity index (χ1v) is 10.2. The van der Waals surface area contributed by atoms with Crippen molar-refractivity contribution in [2.75, 3.05) is 31.2 Å². The van der Waals surface area contributed by atoms with Crippen LogP contribution in [0.4, 0.5) is 5.95 Å². The number of hydrogen-bond donors (Lipinski definition) is 0. The molecule has 2 atom stereocenters. The molecule has 138 valence electrons. The number of esters is 1. The summed E-state index contributed by atoms with van der Waals surface area (Å²) in [6.45, 7) is 6.44. The molecule has 0 spiro atoms. The van der Waals surface area contributed by atoms with E-state index >= 15 is 0 Å². The Bertz CT molecular complexity index is 609. The van der Waals surface area contributed by atoms with Gasteiger partial charge in [0.2, 0.25) is 5.95 Å². The summed E-state index contributed by atoms with van der Waals surface area (Å²) in [5, 5.41) is 9.55. The van der Waals surface area contributed by atoms with Crippen LogP contribution in [0.5, 0.6) is 0 Å². The second-order valence-electron chi connectivity index (χ2n) is 7.26. The van der Waals surface area contributed by atoms with E-state index in [1.54, 1.807) is 0 Å². The SMILES string of the molecule is CC1CCN(c2nnc(SC3CCOC3=O)n2CC2CCCO2)CC1. The van der Waals surface area contributed by atoms with Crippen LogP contribution in [0.25, 0.3) is 0 Å². The highest BCUT2D eigenvalue weighted by atomic mass is 32.2. The van der Waals surface area contributed by atoms with Crippen molar-refractivity contribution in [2.24, 2.45) is 5.92 Å². The standard InChI is InChI=1S/C17H26N4O3S/c1-12-4-7-20(8-5-12)16-18-19-17(25-14-6-10-24-15(14)22)21(16)11-13-3-2-9-23-13/h12-14H,2-11H2,1H3. The maximum atomic E-state index is 11.8. The van der Waals surface area contributed by atoms with E-state index in [1.807, 2.05) is 0 Å². The lowest BCUT2D eigenvalue weighted by atomic mass is 10.00. The third kappa shape index (κ3) is 3.79. The summed E-state index contributed by atoms with van der Waals surface area (Å²) in [5.41, 5.74) is 0. The van der Waals surface area contributed by atoms with Crippen LogP contribution in [0.1, 0.15) is 39.0 Å². The number of hydrogen-bond acceptors (Lipinski definition) is 7. The smallest absolute Gasteiger partial charge is 0.319 e. The van der Waals surface area contributed by atoms with Crippen LogP contribution >= 0.6 is 11.8 Å². The highest BCUT2D eigenvalue weighted by molar-refractivity contribution is 8.00. The quantitative estimate of drug-likeness (QED) is 0.739. The van der Waals surface area contributed by atoms with Gasteiger partial charge in [0.05, 0.1) is 19.3 Å². The Hall–Kier alpha value is -1.28. The van der Waals surface area contributed by atoms with E-state index in [1.165, 1.54) is 24.6 Å². The molecule has 3 aliphatic rings. The van der Waals surface area contributed by atoms with E-state index in [4.69, 9.17) is 9.47 Å². The molecule has 0 aliphatic carbocycles. The normalized spacial score (nSPS) is 27.9. The van der Waals surface area contributed by atoms with E-state index in [2.05, 4.69) is 26.6 Å². The number of anilines is 1. The molecule has 3 fully saturated rings. The minimum Gasteiger partial charge on any atom is -0.465 e. The molecule has 0 saturated carbocycles. The highest BCUT2D eigenvalue weighted by Crippen LogP contribution is 2.32. The zero-order chi connectivity index (χ0) is 17.2. The summed E-state index contributed by atoms with van der Waals surface area (Å²) in [5.74, 6) is 1.56. The summed E-state index contributed by atoms with van der Waals surface area (Å²) in [4.78, 5) is 14.2. The minimum atomic E-state index is -0.165. The molecule has 3 saturated heterocycles. The van der Waals surface area contributed by atoms with Crippen LogP contribution in [0, 0.1) is 5.92 Å². The van der Waals surface area contributed by atoms with Crippen molar-refractivity contribution < 1.29 is 14.3 Å². The van der Waals surface area contributed by atoms with Crippen LogP contribution < -0.4 is 4.90 Å². The fourth-order valence-corrected chi connectivity index (χ4v) is 4.68. The number of nitrogens with zero attached hydrogens (tertiary/aromatic N) is 4. The van der Waals surface area contributed by atoms with Gasteiger partial charge in [0.15, 0.2) is 5.16 Å². The minimum absolute atomic E-state index is 0.134. The first-order chi connectivity index (χ1) is 12.2. The zero-order valence-electron chi connectivity index (χ0n) is 14.7. The van der Waals surface area contributed by atoms with Crippen molar-refractivity contribution >= 4 is 23.7 Å². The average molecular weight is 366 g/mol. The van der Waals surface area contributed by atoms with E-state index in [0.717, 1.165) is 62.5 Å². The summed E-state index contributed by atoms with van der Waals surface area (Å²) in [7, 11) is 0. The van der Waals surface area contributed by atoms with E-state index in [-0.39, 0.29) is 17.3 Å². The van der Waals surface area contributed by atoms with Crippen LogP contribution in [-0.4, -0.2) is 58.4 Å². The molecule has 4 rings (SSSR count). The van der Waals surface area contributed by atoms with Gasteiger partial charge in [-0.05, 0) is 31.6 Å². The Labute approximate surface area is 152 Å². The monoisotopic (exact) mass is 366 g/mol. The van der Waals surface area contributed by atoms with Gasteiger partial charge in [-0.15, -0.1) is 10.2 Å². The van der Waals surface area contributed by atoms with Crippen molar-refractivity contribution in [1.82, 2.24) is 14.8 Å². The Morgan fingerprint density at radius 2 is 2.00 bits per heavy atom. The number of cyclic esters (lactones) is 1. The Morgan fingerprint density at radius 3 is 2.68 bits per heavy atom. The largest absolute Gasteiger partial charge is 0.465 e. The van der Waals surface area contributed by atoms with Gasteiger partial charge in [0, 0.05) is 26.1 Å². The summed E-state index contributed by atoms with van der Waals surface area (Å²) >= 11 is 1.49. The molecule has 1 aromatic rings. The predicted octanol–water partition coefficient (Wildman–Crippen LogP) is 2.10. The lowest BCUT2D eigenvalue weighted by Crippen LogP contribution is -2.35. The van der Waals surface area contributed by atoms with Crippen molar-refractivity contribution in [3.8, 4) is 0 Å². The number of thioether (sulfide) groups is 1. The molecule has 1 aromatic heterocycles. The van der Waals surface area contributed by atoms with Gasteiger partial charge in [0.1, 0.15) is 5.25 Å². The predicted molar refractivity (Wildman–Crippen MR) is 94.8 cm³/mol. The van der Waals surface area contributed by atoms with Gasteiger partial charge >= 0.3 is 5.97 Å². The Balaban J connectivity index is 1.55. The Kier molecular flexibility index (Phi) is 5.17. The molecule has 7 nitrogen and oxygen atoms in total. The Morgan fingerprint density at radius 1 is 1.16 bits per heavy atom. The van der Waals surface area contributed by atoms with E-state index in [9.17, 15) is 4.79 Å². The molecule has 0 amide bonds. The third-order valence-electron chi connectivity index (χ3n) is 5.31. The average Bonchev–Trinajstić information content (AvgIpc) is 3.34.